The summed E-state index contributed by atoms with van der Waals surface area (Å²) in [4.78, 5) is 13.5. The van der Waals surface area contributed by atoms with Gasteiger partial charge >= 0.3 is 0 Å². The van der Waals surface area contributed by atoms with Gasteiger partial charge in [-0.15, -0.1) is 0 Å². The summed E-state index contributed by atoms with van der Waals surface area (Å²) in [6.07, 6.45) is 3.03. The molecule has 1 aromatic heterocycles. The van der Waals surface area contributed by atoms with E-state index < -0.39 is 5.82 Å². The highest BCUT2D eigenvalue weighted by Crippen LogP contribution is 2.18. The summed E-state index contributed by atoms with van der Waals surface area (Å²) in [5, 5.41) is 0. The van der Waals surface area contributed by atoms with Gasteiger partial charge in [0.25, 0.3) is 0 Å². The van der Waals surface area contributed by atoms with Crippen molar-refractivity contribution >= 4 is 34.6 Å². The zero-order valence-corrected chi connectivity index (χ0v) is 14.3. The van der Waals surface area contributed by atoms with E-state index in [4.69, 9.17) is 9.15 Å². The zero-order valence-electron chi connectivity index (χ0n) is 12.2. The third-order valence-corrected chi connectivity index (χ3v) is 3.58. The van der Waals surface area contributed by atoms with Crippen molar-refractivity contribution in [1.29, 1.82) is 0 Å². The van der Waals surface area contributed by atoms with Crippen LogP contribution in [0.15, 0.2) is 40.8 Å². The first kappa shape index (κ1) is 16.5. The fraction of sp³-hybridized carbons (Fsp3) is 0.188. The van der Waals surface area contributed by atoms with Crippen LogP contribution in [0, 0.1) is 9.58 Å². The van der Waals surface area contributed by atoms with Crippen molar-refractivity contribution in [3.63, 3.8) is 0 Å². The van der Waals surface area contributed by atoms with Crippen molar-refractivity contribution in [3.8, 4) is 5.75 Å². The minimum atomic E-state index is -0.443. The summed E-state index contributed by atoms with van der Waals surface area (Å²) in [7, 11) is 3.06. The van der Waals surface area contributed by atoms with Crippen molar-refractivity contribution in [2.24, 2.45) is 0 Å². The Morgan fingerprint density at radius 1 is 1.41 bits per heavy atom. The van der Waals surface area contributed by atoms with E-state index in [9.17, 15) is 9.18 Å². The number of ether oxygens (including phenoxy) is 1. The first-order valence-corrected chi connectivity index (χ1v) is 7.58. The molecule has 4 nitrogen and oxygen atoms in total. The van der Waals surface area contributed by atoms with E-state index in [0.29, 0.717) is 17.9 Å². The molecule has 0 saturated heterocycles. The highest BCUT2D eigenvalue weighted by molar-refractivity contribution is 14.1. The predicted molar refractivity (Wildman–Crippen MR) is 89.9 cm³/mol. The normalized spacial score (nSPS) is 10.9. The average molecular weight is 415 g/mol. The topological polar surface area (TPSA) is 42.7 Å². The Kier molecular flexibility index (Phi) is 5.59. The van der Waals surface area contributed by atoms with Crippen LogP contribution in [0.4, 0.5) is 4.39 Å². The van der Waals surface area contributed by atoms with E-state index in [1.54, 1.807) is 31.3 Å². The van der Waals surface area contributed by atoms with Crippen molar-refractivity contribution in [1.82, 2.24) is 4.90 Å². The molecule has 116 valence electrons. The Morgan fingerprint density at radius 2 is 2.18 bits per heavy atom. The van der Waals surface area contributed by atoms with Gasteiger partial charge in [0.05, 0.1) is 7.11 Å². The highest BCUT2D eigenvalue weighted by Gasteiger charge is 2.09. The van der Waals surface area contributed by atoms with Crippen LogP contribution in [0.25, 0.3) is 6.08 Å². The van der Waals surface area contributed by atoms with Gasteiger partial charge in [0, 0.05) is 19.7 Å². The number of benzene rings is 1. The number of amides is 1. The molecule has 0 atom stereocenters. The van der Waals surface area contributed by atoms with E-state index in [-0.39, 0.29) is 11.7 Å². The second-order valence-electron chi connectivity index (χ2n) is 4.64. The maximum Gasteiger partial charge on any atom is 0.246 e. The molecule has 0 spiro atoms. The molecule has 0 fully saturated rings. The summed E-state index contributed by atoms with van der Waals surface area (Å²) in [5.41, 5.74) is 0.690. The van der Waals surface area contributed by atoms with Gasteiger partial charge in [-0.25, -0.2) is 4.39 Å². The smallest absolute Gasteiger partial charge is 0.246 e. The maximum atomic E-state index is 13.6. The SMILES string of the molecule is COc1ccc(CN(C)C(=O)/C=C/c2ccc(I)o2)cc1F. The first-order valence-electron chi connectivity index (χ1n) is 6.50. The van der Waals surface area contributed by atoms with Gasteiger partial charge in [-0.1, -0.05) is 6.07 Å². The lowest BCUT2D eigenvalue weighted by molar-refractivity contribution is -0.125. The monoisotopic (exact) mass is 415 g/mol. The van der Waals surface area contributed by atoms with Crippen molar-refractivity contribution in [3.05, 3.63) is 57.3 Å². The molecule has 1 amide bonds. The van der Waals surface area contributed by atoms with Crippen LogP contribution in [-0.2, 0) is 11.3 Å². The number of furan rings is 1. The molecule has 1 heterocycles. The number of likely N-dealkylation sites (N-methyl/N-ethyl adjacent to an activating group) is 1. The fourth-order valence-corrected chi connectivity index (χ4v) is 2.29. The lowest BCUT2D eigenvalue weighted by Gasteiger charge is -2.15. The molecule has 1 aromatic carbocycles. The fourth-order valence-electron chi connectivity index (χ4n) is 1.86. The van der Waals surface area contributed by atoms with Gasteiger partial charge in [-0.3, -0.25) is 4.79 Å². The average Bonchev–Trinajstić information content (AvgIpc) is 2.90. The molecule has 0 N–H and O–H groups in total. The zero-order chi connectivity index (χ0) is 16.1. The number of nitrogens with zero attached hydrogens (tertiary/aromatic N) is 1. The van der Waals surface area contributed by atoms with E-state index in [1.807, 2.05) is 6.07 Å². The highest BCUT2D eigenvalue weighted by atomic mass is 127. The minimum absolute atomic E-state index is 0.185. The van der Waals surface area contributed by atoms with Gasteiger partial charge in [-0.2, -0.15) is 0 Å². The molecule has 0 aliphatic rings. The summed E-state index contributed by atoms with van der Waals surface area (Å²) in [6.45, 7) is 0.305. The Morgan fingerprint density at radius 3 is 2.77 bits per heavy atom. The Labute approximate surface area is 141 Å². The second-order valence-corrected chi connectivity index (χ2v) is 5.70. The summed E-state index contributed by atoms with van der Waals surface area (Å²) < 4.78 is 24.6. The maximum absolute atomic E-state index is 13.6. The molecule has 22 heavy (non-hydrogen) atoms. The van der Waals surface area contributed by atoms with Crippen LogP contribution in [0.1, 0.15) is 11.3 Å². The lowest BCUT2D eigenvalue weighted by atomic mass is 10.2. The van der Waals surface area contributed by atoms with Gasteiger partial charge < -0.3 is 14.1 Å². The summed E-state index contributed by atoms with van der Waals surface area (Å²) in [6, 6.07) is 8.23. The van der Waals surface area contributed by atoms with Gasteiger partial charge in [-0.05, 0) is 58.5 Å². The quantitative estimate of drug-likeness (QED) is 0.553. The van der Waals surface area contributed by atoms with E-state index >= 15 is 0 Å². The number of methoxy groups -OCH3 is 1. The standard InChI is InChI=1S/C16H15FINO3/c1-19(10-11-3-6-14(21-2)13(17)9-11)16(20)8-5-12-4-7-15(18)22-12/h3-9H,10H2,1-2H3/b8-5+. The second kappa shape index (κ2) is 7.44. The molecule has 0 radical (unpaired) electrons. The molecule has 0 bridgehead atoms. The van der Waals surface area contributed by atoms with Crippen LogP contribution in [0.2, 0.25) is 0 Å². The molecule has 2 aromatic rings. The Bertz CT molecular complexity index is 696. The van der Waals surface area contributed by atoms with Gasteiger partial charge in [0.15, 0.2) is 15.3 Å². The third-order valence-electron chi connectivity index (χ3n) is 3.00. The number of halogens is 2. The number of hydrogen-bond donors (Lipinski definition) is 0. The molecule has 0 unspecified atom stereocenters. The molecule has 0 aliphatic heterocycles. The van der Waals surface area contributed by atoms with Crippen LogP contribution in [-0.4, -0.2) is 25.0 Å². The molecule has 0 aliphatic carbocycles. The molecule has 0 saturated carbocycles. The Hall–Kier alpha value is -1.83. The summed E-state index contributed by atoms with van der Waals surface area (Å²) in [5.74, 6) is 0.163. The van der Waals surface area contributed by atoms with Crippen LogP contribution in [0.5, 0.6) is 5.75 Å². The van der Waals surface area contributed by atoms with Crippen molar-refractivity contribution in [2.45, 2.75) is 6.54 Å². The van der Waals surface area contributed by atoms with E-state index in [2.05, 4.69) is 22.6 Å². The van der Waals surface area contributed by atoms with Gasteiger partial charge in [0.2, 0.25) is 5.91 Å². The molecule has 2 rings (SSSR count). The summed E-state index contributed by atoms with van der Waals surface area (Å²) >= 11 is 2.05. The van der Waals surface area contributed by atoms with Crippen molar-refractivity contribution in [2.75, 3.05) is 14.2 Å². The van der Waals surface area contributed by atoms with E-state index in [1.165, 1.54) is 24.2 Å². The minimum Gasteiger partial charge on any atom is -0.494 e. The van der Waals surface area contributed by atoms with Crippen LogP contribution >= 0.6 is 22.6 Å². The Balaban J connectivity index is 1.99. The third kappa shape index (κ3) is 4.33. The predicted octanol–water partition coefficient (Wildman–Crippen LogP) is 3.70. The number of rotatable bonds is 5. The van der Waals surface area contributed by atoms with Crippen LogP contribution < -0.4 is 4.74 Å². The molecular weight excluding hydrogens is 400 g/mol. The molecular formula is C16H15FINO3. The van der Waals surface area contributed by atoms with Crippen LogP contribution in [0.3, 0.4) is 0 Å². The largest absolute Gasteiger partial charge is 0.494 e. The number of carbonyl (C=O) groups excluding carboxylic acids is 1. The number of hydrogen-bond acceptors (Lipinski definition) is 3. The lowest BCUT2D eigenvalue weighted by Crippen LogP contribution is -2.24. The van der Waals surface area contributed by atoms with E-state index in [0.717, 1.165) is 3.77 Å². The molecule has 6 heteroatoms. The van der Waals surface area contributed by atoms with Crippen molar-refractivity contribution < 1.29 is 18.3 Å². The first-order chi connectivity index (χ1) is 10.5. The number of carbonyl (C=O) groups is 1. The van der Waals surface area contributed by atoms with Gasteiger partial charge in [0.1, 0.15) is 5.76 Å².